The summed E-state index contributed by atoms with van der Waals surface area (Å²) in [4.78, 5) is 57.1. The van der Waals surface area contributed by atoms with Crippen molar-refractivity contribution in [3.05, 3.63) is 0 Å². The van der Waals surface area contributed by atoms with Gasteiger partial charge >= 0.3 is 5.97 Å². The molecule has 0 aliphatic carbocycles. The quantitative estimate of drug-likeness (QED) is 0.194. The number of carboxylic acids is 1. The van der Waals surface area contributed by atoms with Gasteiger partial charge in [0.15, 0.2) is 0 Å². The molecule has 8 N–H and O–H groups in total. The van der Waals surface area contributed by atoms with Crippen molar-refractivity contribution in [3.63, 3.8) is 0 Å². The molecule has 0 bridgehead atoms. The van der Waals surface area contributed by atoms with E-state index in [2.05, 4.69) is 28.6 Å². The van der Waals surface area contributed by atoms with Gasteiger partial charge in [0.2, 0.25) is 23.6 Å². The minimum atomic E-state index is -1.39. The largest absolute Gasteiger partial charge is 0.480 e. The van der Waals surface area contributed by atoms with Crippen molar-refractivity contribution in [2.24, 2.45) is 11.5 Å². The summed E-state index contributed by atoms with van der Waals surface area (Å²) in [5.41, 5.74) is 10.1. The lowest BCUT2D eigenvalue weighted by Gasteiger charge is -2.22. The standard InChI is InChI=1S/C12H21N5O6S/c1-5(12(22)23)15-10(20)6(2-8(14)18)17-11(21)7(4-24)16-9(19)3-13/h5-7,24H,2-4,13H2,1H3,(H2,14,18)(H,15,20)(H,16,19)(H,17,21)(H,22,23). The number of hydrogen-bond acceptors (Lipinski definition) is 7. The predicted molar refractivity (Wildman–Crippen MR) is 85.8 cm³/mol. The molecule has 12 heteroatoms. The fourth-order valence-corrected chi connectivity index (χ4v) is 1.76. The molecule has 0 aliphatic rings. The number of carbonyl (C=O) groups excluding carboxylic acids is 4. The van der Waals surface area contributed by atoms with Crippen molar-refractivity contribution in [3.8, 4) is 0 Å². The number of primary amides is 1. The smallest absolute Gasteiger partial charge is 0.325 e. The first-order chi connectivity index (χ1) is 11.1. The van der Waals surface area contributed by atoms with E-state index in [1.807, 2.05) is 0 Å². The number of rotatable bonds is 10. The first-order valence-corrected chi connectivity index (χ1v) is 7.47. The molecule has 0 aliphatic heterocycles. The van der Waals surface area contributed by atoms with E-state index in [9.17, 15) is 24.0 Å². The third-order valence-electron chi connectivity index (χ3n) is 2.79. The van der Waals surface area contributed by atoms with Crippen molar-refractivity contribution < 1.29 is 29.1 Å². The normalized spacial score (nSPS) is 14.0. The minimum Gasteiger partial charge on any atom is -0.480 e. The summed E-state index contributed by atoms with van der Waals surface area (Å²) in [6.07, 6.45) is -0.548. The molecule has 11 nitrogen and oxygen atoms in total. The first kappa shape index (κ1) is 21.7. The third-order valence-corrected chi connectivity index (χ3v) is 3.15. The summed E-state index contributed by atoms with van der Waals surface area (Å²) < 4.78 is 0. The van der Waals surface area contributed by atoms with Crippen LogP contribution >= 0.6 is 12.6 Å². The zero-order valence-corrected chi connectivity index (χ0v) is 13.8. The Hall–Kier alpha value is -2.34. The Kier molecular flexibility index (Phi) is 9.42. The molecule has 0 spiro atoms. The monoisotopic (exact) mass is 363 g/mol. The van der Waals surface area contributed by atoms with Crippen LogP contribution in [0.3, 0.4) is 0 Å². The van der Waals surface area contributed by atoms with Crippen molar-refractivity contribution in [2.45, 2.75) is 31.5 Å². The molecule has 0 aromatic rings. The van der Waals surface area contributed by atoms with Gasteiger partial charge in [0.1, 0.15) is 18.1 Å². The molecule has 0 heterocycles. The highest BCUT2D eigenvalue weighted by atomic mass is 32.1. The van der Waals surface area contributed by atoms with Gasteiger partial charge in [-0.25, -0.2) is 0 Å². The van der Waals surface area contributed by atoms with Gasteiger partial charge in [-0.3, -0.25) is 24.0 Å². The van der Waals surface area contributed by atoms with E-state index in [0.29, 0.717) is 0 Å². The van der Waals surface area contributed by atoms with E-state index in [4.69, 9.17) is 16.6 Å². The molecule has 4 amide bonds. The van der Waals surface area contributed by atoms with Gasteiger partial charge < -0.3 is 32.5 Å². The van der Waals surface area contributed by atoms with Gasteiger partial charge in [-0.2, -0.15) is 12.6 Å². The topological polar surface area (TPSA) is 194 Å². The lowest BCUT2D eigenvalue weighted by molar-refractivity contribution is -0.142. The molecule has 3 unspecified atom stereocenters. The molecular weight excluding hydrogens is 342 g/mol. The van der Waals surface area contributed by atoms with Crippen LogP contribution < -0.4 is 27.4 Å². The Morgan fingerprint density at radius 3 is 2.00 bits per heavy atom. The van der Waals surface area contributed by atoms with Gasteiger partial charge in [-0.1, -0.05) is 0 Å². The zero-order valence-electron chi connectivity index (χ0n) is 12.9. The van der Waals surface area contributed by atoms with E-state index in [0.717, 1.165) is 0 Å². The summed E-state index contributed by atoms with van der Waals surface area (Å²) in [7, 11) is 0. The van der Waals surface area contributed by atoms with Gasteiger partial charge in [0.05, 0.1) is 13.0 Å². The van der Waals surface area contributed by atoms with Crippen LogP contribution in [0.2, 0.25) is 0 Å². The average Bonchev–Trinajstić information content (AvgIpc) is 2.50. The van der Waals surface area contributed by atoms with E-state index in [-0.39, 0.29) is 12.3 Å². The summed E-state index contributed by atoms with van der Waals surface area (Å²) in [6.45, 7) is 0.861. The second kappa shape index (κ2) is 10.4. The van der Waals surface area contributed by atoms with Crippen molar-refractivity contribution >= 4 is 42.2 Å². The number of nitrogens with two attached hydrogens (primary N) is 2. The molecule has 0 saturated carbocycles. The molecular formula is C12H21N5O6S. The molecule has 0 aromatic carbocycles. The van der Waals surface area contributed by atoms with Gasteiger partial charge in [-0.05, 0) is 6.92 Å². The molecule has 0 aromatic heterocycles. The SMILES string of the molecule is CC(NC(=O)C(CC(N)=O)NC(=O)C(CS)NC(=O)CN)C(=O)O. The number of carbonyl (C=O) groups is 5. The highest BCUT2D eigenvalue weighted by molar-refractivity contribution is 7.80. The minimum absolute atomic E-state index is 0.0893. The van der Waals surface area contributed by atoms with Gasteiger partial charge in [-0.15, -0.1) is 0 Å². The van der Waals surface area contributed by atoms with Crippen molar-refractivity contribution in [1.29, 1.82) is 0 Å². The van der Waals surface area contributed by atoms with Crippen LogP contribution in [-0.2, 0) is 24.0 Å². The van der Waals surface area contributed by atoms with Crippen LogP contribution in [0.4, 0.5) is 0 Å². The lowest BCUT2D eigenvalue weighted by Crippen LogP contribution is -2.57. The molecule has 0 rings (SSSR count). The fourth-order valence-electron chi connectivity index (χ4n) is 1.51. The number of amides is 4. The Bertz CT molecular complexity index is 514. The number of hydrogen-bond donors (Lipinski definition) is 7. The first-order valence-electron chi connectivity index (χ1n) is 6.84. The van der Waals surface area contributed by atoms with Crippen LogP contribution in [-0.4, -0.2) is 65.1 Å². The van der Waals surface area contributed by atoms with E-state index in [1.165, 1.54) is 6.92 Å². The van der Waals surface area contributed by atoms with Crippen LogP contribution in [0, 0.1) is 0 Å². The molecule has 136 valence electrons. The summed E-state index contributed by atoms with van der Waals surface area (Å²) in [6, 6.07) is -3.72. The molecule has 0 saturated heterocycles. The number of aliphatic carboxylic acids is 1. The van der Waals surface area contributed by atoms with Crippen LogP contribution in [0.15, 0.2) is 0 Å². The predicted octanol–water partition coefficient (Wildman–Crippen LogP) is -3.69. The maximum absolute atomic E-state index is 12.1. The molecule has 0 radical (unpaired) electrons. The number of carboxylic acid groups (broad SMARTS) is 1. The van der Waals surface area contributed by atoms with E-state index >= 15 is 0 Å². The summed E-state index contributed by atoms with van der Waals surface area (Å²) in [5.74, 6) is -4.58. The number of nitrogens with one attached hydrogen (secondary N) is 3. The molecule has 24 heavy (non-hydrogen) atoms. The maximum Gasteiger partial charge on any atom is 0.325 e. The van der Waals surface area contributed by atoms with Crippen molar-refractivity contribution in [1.82, 2.24) is 16.0 Å². The number of thiol groups is 1. The summed E-state index contributed by atoms with van der Waals surface area (Å²) >= 11 is 3.91. The second-order valence-electron chi connectivity index (χ2n) is 4.81. The highest BCUT2D eigenvalue weighted by Gasteiger charge is 2.28. The van der Waals surface area contributed by atoms with Crippen LogP contribution in [0.25, 0.3) is 0 Å². The Labute approximate surface area is 143 Å². The Balaban J connectivity index is 5.01. The van der Waals surface area contributed by atoms with E-state index < -0.39 is 54.1 Å². The average molecular weight is 363 g/mol. The lowest BCUT2D eigenvalue weighted by atomic mass is 10.1. The molecule has 0 fully saturated rings. The van der Waals surface area contributed by atoms with Gasteiger partial charge in [0, 0.05) is 5.75 Å². The van der Waals surface area contributed by atoms with Crippen LogP contribution in [0.1, 0.15) is 13.3 Å². The molecule has 3 atom stereocenters. The van der Waals surface area contributed by atoms with Gasteiger partial charge in [0.25, 0.3) is 0 Å². The van der Waals surface area contributed by atoms with Crippen LogP contribution in [0.5, 0.6) is 0 Å². The fraction of sp³-hybridized carbons (Fsp3) is 0.583. The van der Waals surface area contributed by atoms with Crippen molar-refractivity contribution in [2.75, 3.05) is 12.3 Å². The third kappa shape index (κ3) is 7.78. The van der Waals surface area contributed by atoms with E-state index in [1.54, 1.807) is 0 Å². The zero-order chi connectivity index (χ0) is 18.9. The Morgan fingerprint density at radius 2 is 1.58 bits per heavy atom. The Morgan fingerprint density at radius 1 is 1.04 bits per heavy atom. The maximum atomic E-state index is 12.1. The summed E-state index contributed by atoms with van der Waals surface area (Å²) in [5, 5.41) is 15.4. The highest BCUT2D eigenvalue weighted by Crippen LogP contribution is 1.97. The second-order valence-corrected chi connectivity index (χ2v) is 5.17.